The summed E-state index contributed by atoms with van der Waals surface area (Å²) in [5.41, 5.74) is -0.219. The molecule has 1 aromatic carbocycles. The number of aliphatic hydroxyl groups excluding tert-OH is 1. The lowest BCUT2D eigenvalue weighted by molar-refractivity contribution is 0.280. The van der Waals surface area contributed by atoms with Crippen LogP contribution in [0.4, 0.5) is 14.5 Å². The zero-order valence-electron chi connectivity index (χ0n) is 10.8. The van der Waals surface area contributed by atoms with E-state index in [2.05, 4.69) is 0 Å². The maximum Gasteiger partial charge on any atom is 0.169 e. The molecule has 1 fully saturated rings. The van der Waals surface area contributed by atoms with E-state index in [-0.39, 0.29) is 23.5 Å². The number of aliphatic hydroxyl groups is 1. The molecule has 8 heteroatoms. The molecule has 0 radical (unpaired) electrons. The Morgan fingerprint density at radius 2 is 2.00 bits per heavy atom. The fourth-order valence-corrected chi connectivity index (χ4v) is 5.00. The summed E-state index contributed by atoms with van der Waals surface area (Å²) in [7, 11) is -3.45. The van der Waals surface area contributed by atoms with Crippen LogP contribution in [-0.2, 0) is 16.4 Å². The molecule has 2 rings (SSSR count). The number of thioether (sulfide) groups is 1. The van der Waals surface area contributed by atoms with E-state index in [1.807, 2.05) is 0 Å². The normalized spacial score (nSPS) is 20.2. The number of benzene rings is 1. The molecule has 1 N–H and O–H groups in total. The van der Waals surface area contributed by atoms with Gasteiger partial charge in [-0.25, -0.2) is 17.2 Å². The summed E-state index contributed by atoms with van der Waals surface area (Å²) >= 11 is 1.44. The first-order valence-corrected chi connectivity index (χ1v) is 9.07. The Bertz CT molecular complexity index is 584. The van der Waals surface area contributed by atoms with Crippen LogP contribution in [0.2, 0.25) is 0 Å². The van der Waals surface area contributed by atoms with Crippen LogP contribution >= 0.6 is 11.8 Å². The van der Waals surface area contributed by atoms with Crippen LogP contribution in [0.5, 0.6) is 0 Å². The van der Waals surface area contributed by atoms with Crippen LogP contribution < -0.4 is 4.90 Å². The van der Waals surface area contributed by atoms with Gasteiger partial charge in [-0.1, -0.05) is 0 Å². The van der Waals surface area contributed by atoms with Gasteiger partial charge in [-0.3, -0.25) is 0 Å². The molecule has 0 saturated carbocycles. The SMILES string of the molecule is CS(=O)(=O)C1CSCCN1c1c(F)cc(CO)cc1F. The molecule has 4 nitrogen and oxygen atoms in total. The molecule has 112 valence electrons. The summed E-state index contributed by atoms with van der Waals surface area (Å²) in [6.07, 6.45) is 1.06. The van der Waals surface area contributed by atoms with Gasteiger partial charge in [0.05, 0.1) is 6.61 Å². The van der Waals surface area contributed by atoms with Gasteiger partial charge in [0, 0.05) is 24.3 Å². The Morgan fingerprint density at radius 1 is 1.40 bits per heavy atom. The second-order valence-corrected chi connectivity index (χ2v) is 7.97. The maximum absolute atomic E-state index is 14.0. The van der Waals surface area contributed by atoms with Gasteiger partial charge in [0.25, 0.3) is 0 Å². The lowest BCUT2D eigenvalue weighted by Gasteiger charge is -2.36. The molecule has 1 heterocycles. The first-order chi connectivity index (χ1) is 9.34. The van der Waals surface area contributed by atoms with Crippen molar-refractivity contribution in [3.05, 3.63) is 29.3 Å². The average molecular weight is 323 g/mol. The lowest BCUT2D eigenvalue weighted by atomic mass is 10.1. The van der Waals surface area contributed by atoms with Gasteiger partial charge >= 0.3 is 0 Å². The minimum Gasteiger partial charge on any atom is -0.392 e. The van der Waals surface area contributed by atoms with Crippen LogP contribution in [0, 0.1) is 11.6 Å². The van der Waals surface area contributed by atoms with Crippen LogP contribution in [0.3, 0.4) is 0 Å². The Labute approximate surface area is 120 Å². The second kappa shape index (κ2) is 5.87. The third-order valence-corrected chi connectivity index (χ3v) is 5.77. The molecule has 0 aliphatic carbocycles. The van der Waals surface area contributed by atoms with Crippen LogP contribution in [0.15, 0.2) is 12.1 Å². The molecule has 1 aliphatic rings. The van der Waals surface area contributed by atoms with Crippen molar-refractivity contribution in [2.45, 2.75) is 12.0 Å². The Kier molecular flexibility index (Phi) is 4.55. The van der Waals surface area contributed by atoms with E-state index in [9.17, 15) is 17.2 Å². The van der Waals surface area contributed by atoms with Gasteiger partial charge in [0.1, 0.15) is 22.7 Å². The van der Waals surface area contributed by atoms with Crippen molar-refractivity contribution in [2.75, 3.05) is 29.2 Å². The summed E-state index contributed by atoms with van der Waals surface area (Å²) in [4.78, 5) is 1.26. The second-order valence-electron chi connectivity index (χ2n) is 4.62. The van der Waals surface area contributed by atoms with Crippen LogP contribution in [0.1, 0.15) is 5.56 Å². The predicted molar refractivity (Wildman–Crippen MR) is 75.6 cm³/mol. The third-order valence-electron chi connectivity index (χ3n) is 3.13. The predicted octanol–water partition coefficient (Wildman–Crippen LogP) is 1.38. The summed E-state index contributed by atoms with van der Waals surface area (Å²) in [5.74, 6) is -0.823. The standard InChI is InChI=1S/C12H15F2NO3S2/c1-20(17,18)11-7-19-3-2-15(11)12-9(13)4-8(6-16)5-10(12)14/h4-5,11,16H,2-3,6-7H2,1H3. The molecular weight excluding hydrogens is 308 g/mol. The van der Waals surface area contributed by atoms with E-state index in [4.69, 9.17) is 5.11 Å². The van der Waals surface area contributed by atoms with Crippen molar-refractivity contribution in [1.82, 2.24) is 0 Å². The van der Waals surface area contributed by atoms with Crippen molar-refractivity contribution in [1.29, 1.82) is 0 Å². The number of hydrogen-bond donors (Lipinski definition) is 1. The van der Waals surface area contributed by atoms with Gasteiger partial charge in [-0.15, -0.1) is 0 Å². The van der Waals surface area contributed by atoms with Gasteiger partial charge in [-0.2, -0.15) is 11.8 Å². The van der Waals surface area contributed by atoms with E-state index in [1.54, 1.807) is 0 Å². The van der Waals surface area contributed by atoms with E-state index in [0.717, 1.165) is 18.4 Å². The third kappa shape index (κ3) is 3.07. The quantitative estimate of drug-likeness (QED) is 0.911. The van der Waals surface area contributed by atoms with Gasteiger partial charge in [0.15, 0.2) is 9.84 Å². The zero-order valence-corrected chi connectivity index (χ0v) is 12.5. The van der Waals surface area contributed by atoms with Crippen molar-refractivity contribution in [3.8, 4) is 0 Å². The zero-order chi connectivity index (χ0) is 14.9. The molecule has 1 saturated heterocycles. The number of anilines is 1. The van der Waals surface area contributed by atoms with Gasteiger partial charge in [-0.05, 0) is 17.7 Å². The van der Waals surface area contributed by atoms with Crippen LogP contribution in [-0.4, -0.2) is 43.2 Å². The van der Waals surface area contributed by atoms with Crippen molar-refractivity contribution in [2.24, 2.45) is 0 Å². The molecule has 1 aliphatic heterocycles. The average Bonchev–Trinajstić information content (AvgIpc) is 2.37. The minimum absolute atomic E-state index is 0.117. The molecule has 0 aromatic heterocycles. The van der Waals surface area contributed by atoms with Crippen molar-refractivity contribution < 1.29 is 22.3 Å². The first kappa shape index (κ1) is 15.5. The number of sulfone groups is 1. The highest BCUT2D eigenvalue weighted by atomic mass is 32.2. The summed E-state index contributed by atoms with van der Waals surface area (Å²) in [6.45, 7) is -0.214. The summed E-state index contributed by atoms with van der Waals surface area (Å²) in [5, 5.41) is 7.98. The molecule has 0 amide bonds. The molecule has 1 atom stereocenters. The van der Waals surface area contributed by atoms with Crippen LogP contribution in [0.25, 0.3) is 0 Å². The number of hydrogen-bond acceptors (Lipinski definition) is 5. The number of halogens is 2. The Morgan fingerprint density at radius 3 is 2.50 bits per heavy atom. The topological polar surface area (TPSA) is 57.6 Å². The summed E-state index contributed by atoms with van der Waals surface area (Å²) in [6, 6.07) is 2.05. The smallest absolute Gasteiger partial charge is 0.169 e. The molecule has 20 heavy (non-hydrogen) atoms. The van der Waals surface area contributed by atoms with Gasteiger partial charge in [0.2, 0.25) is 0 Å². The lowest BCUT2D eigenvalue weighted by Crippen LogP contribution is -2.47. The highest BCUT2D eigenvalue weighted by Gasteiger charge is 2.34. The van der Waals surface area contributed by atoms with E-state index >= 15 is 0 Å². The monoisotopic (exact) mass is 323 g/mol. The number of rotatable bonds is 3. The minimum atomic E-state index is -3.45. The highest BCUT2D eigenvalue weighted by Crippen LogP contribution is 2.31. The fourth-order valence-electron chi connectivity index (χ4n) is 2.18. The molecule has 0 bridgehead atoms. The molecule has 0 spiro atoms. The fraction of sp³-hybridized carbons (Fsp3) is 0.500. The maximum atomic E-state index is 14.0. The number of nitrogens with zero attached hydrogens (tertiary/aromatic N) is 1. The van der Waals surface area contributed by atoms with Gasteiger partial charge < -0.3 is 10.0 Å². The molecular formula is C12H15F2NO3S2. The van der Waals surface area contributed by atoms with Crippen molar-refractivity contribution in [3.63, 3.8) is 0 Å². The Hall–Kier alpha value is -0.860. The van der Waals surface area contributed by atoms with E-state index < -0.39 is 33.5 Å². The highest BCUT2D eigenvalue weighted by molar-refractivity contribution is 8.01. The molecule has 1 aromatic rings. The summed E-state index contributed by atoms with van der Waals surface area (Å²) < 4.78 is 51.7. The Balaban J connectivity index is 2.48. The van der Waals surface area contributed by atoms with E-state index in [1.165, 1.54) is 16.7 Å². The van der Waals surface area contributed by atoms with E-state index in [0.29, 0.717) is 5.75 Å². The van der Waals surface area contributed by atoms with Crippen molar-refractivity contribution >= 4 is 27.3 Å². The first-order valence-electron chi connectivity index (χ1n) is 5.96. The largest absolute Gasteiger partial charge is 0.392 e. The molecule has 1 unspecified atom stereocenters.